The van der Waals surface area contributed by atoms with Crippen molar-refractivity contribution >= 4 is 23.6 Å². The van der Waals surface area contributed by atoms with Crippen LogP contribution in [0, 0.1) is 5.92 Å². The van der Waals surface area contributed by atoms with Gasteiger partial charge in [-0.2, -0.15) is 0 Å². The second-order valence-corrected chi connectivity index (χ2v) is 6.67. The van der Waals surface area contributed by atoms with E-state index in [0.29, 0.717) is 13.1 Å². The lowest BCUT2D eigenvalue weighted by Crippen LogP contribution is -2.54. The SMILES string of the molecule is O=C(O)CNC(=O)C1C(=O)CCN(CC2(c3ccccc3)CC2)C1=O. The monoisotopic (exact) mass is 344 g/mol. The van der Waals surface area contributed by atoms with Crippen LogP contribution in [0.1, 0.15) is 24.8 Å². The van der Waals surface area contributed by atoms with Crippen LogP contribution >= 0.6 is 0 Å². The summed E-state index contributed by atoms with van der Waals surface area (Å²) in [6.45, 7) is 0.171. The number of amides is 2. The highest BCUT2D eigenvalue weighted by molar-refractivity contribution is 6.19. The first-order chi connectivity index (χ1) is 11.9. The summed E-state index contributed by atoms with van der Waals surface area (Å²) in [6.07, 6.45) is 2.04. The molecular weight excluding hydrogens is 324 g/mol. The number of Topliss-reactive ketones (excluding diaryl/α,β-unsaturated/α-hetero) is 1. The molecule has 2 fully saturated rings. The standard InChI is InChI=1S/C18H20N2O5/c21-13-6-9-20(17(25)15(13)16(24)19-10-14(22)23)11-18(7-8-18)12-4-2-1-3-5-12/h1-5,15H,6-11H2,(H,19,24)(H,22,23). The minimum absolute atomic E-state index is 0.0978. The summed E-state index contributed by atoms with van der Waals surface area (Å²) in [5.74, 6) is -4.46. The van der Waals surface area contributed by atoms with Gasteiger partial charge in [0.25, 0.3) is 0 Å². The van der Waals surface area contributed by atoms with E-state index in [2.05, 4.69) is 5.32 Å². The molecule has 2 aliphatic rings. The molecule has 1 saturated carbocycles. The van der Waals surface area contributed by atoms with Crippen LogP contribution in [0.25, 0.3) is 0 Å². The quantitative estimate of drug-likeness (QED) is 0.724. The number of hydrogen-bond acceptors (Lipinski definition) is 4. The molecule has 2 amide bonds. The van der Waals surface area contributed by atoms with Crippen molar-refractivity contribution in [2.24, 2.45) is 5.92 Å². The van der Waals surface area contributed by atoms with Gasteiger partial charge in [-0.1, -0.05) is 30.3 Å². The van der Waals surface area contributed by atoms with Gasteiger partial charge in [0, 0.05) is 24.9 Å². The molecule has 1 aromatic carbocycles. The van der Waals surface area contributed by atoms with Crippen LogP contribution < -0.4 is 5.32 Å². The molecule has 3 rings (SSSR count). The Morgan fingerprint density at radius 2 is 1.88 bits per heavy atom. The Kier molecular flexibility index (Phi) is 4.57. The van der Waals surface area contributed by atoms with E-state index in [-0.39, 0.29) is 11.8 Å². The van der Waals surface area contributed by atoms with E-state index < -0.39 is 36.0 Å². The molecule has 7 nitrogen and oxygen atoms in total. The van der Waals surface area contributed by atoms with E-state index >= 15 is 0 Å². The molecule has 1 unspecified atom stereocenters. The number of rotatable bonds is 6. The number of piperidine rings is 1. The number of nitrogens with one attached hydrogen (secondary N) is 1. The summed E-state index contributed by atoms with van der Waals surface area (Å²) >= 11 is 0. The van der Waals surface area contributed by atoms with Gasteiger partial charge < -0.3 is 15.3 Å². The number of carbonyl (C=O) groups excluding carboxylic acids is 3. The Balaban J connectivity index is 1.71. The smallest absolute Gasteiger partial charge is 0.322 e. The number of aliphatic carboxylic acids is 1. The van der Waals surface area contributed by atoms with Gasteiger partial charge in [-0.3, -0.25) is 19.2 Å². The van der Waals surface area contributed by atoms with Gasteiger partial charge in [0.05, 0.1) is 0 Å². The number of carboxylic acids is 1. The lowest BCUT2D eigenvalue weighted by atomic mass is 9.90. The first kappa shape index (κ1) is 17.1. The zero-order valence-corrected chi connectivity index (χ0v) is 13.7. The maximum absolute atomic E-state index is 12.7. The molecular formula is C18H20N2O5. The number of likely N-dealkylation sites (tertiary alicyclic amines) is 1. The zero-order valence-electron chi connectivity index (χ0n) is 13.7. The molecule has 1 aliphatic carbocycles. The van der Waals surface area contributed by atoms with Crippen LogP contribution in [0.4, 0.5) is 0 Å². The van der Waals surface area contributed by atoms with Crippen molar-refractivity contribution in [1.82, 2.24) is 10.2 Å². The number of carbonyl (C=O) groups is 4. The van der Waals surface area contributed by atoms with Gasteiger partial charge in [0.1, 0.15) is 6.54 Å². The van der Waals surface area contributed by atoms with Crippen molar-refractivity contribution in [3.63, 3.8) is 0 Å². The van der Waals surface area contributed by atoms with Gasteiger partial charge in [-0.15, -0.1) is 0 Å². The molecule has 1 saturated heterocycles. The fourth-order valence-corrected chi connectivity index (χ4v) is 3.35. The van der Waals surface area contributed by atoms with Crippen LogP contribution in [0.3, 0.4) is 0 Å². The summed E-state index contributed by atoms with van der Waals surface area (Å²) in [7, 11) is 0. The minimum Gasteiger partial charge on any atom is -0.480 e. The van der Waals surface area contributed by atoms with Crippen molar-refractivity contribution in [2.45, 2.75) is 24.7 Å². The lowest BCUT2D eigenvalue weighted by molar-refractivity contribution is -0.152. The second-order valence-electron chi connectivity index (χ2n) is 6.67. The topological polar surface area (TPSA) is 104 Å². The summed E-state index contributed by atoms with van der Waals surface area (Å²) in [5, 5.41) is 10.8. The van der Waals surface area contributed by atoms with Crippen molar-refractivity contribution in [3.8, 4) is 0 Å². The van der Waals surface area contributed by atoms with Crippen molar-refractivity contribution in [2.75, 3.05) is 19.6 Å². The Hall–Kier alpha value is -2.70. The molecule has 0 spiro atoms. The average Bonchev–Trinajstić information content (AvgIpc) is 3.37. The fourth-order valence-electron chi connectivity index (χ4n) is 3.35. The van der Waals surface area contributed by atoms with Crippen LogP contribution in [0.2, 0.25) is 0 Å². The number of carboxylic acid groups (broad SMARTS) is 1. The zero-order chi connectivity index (χ0) is 18.0. The second kappa shape index (κ2) is 6.66. The summed E-state index contributed by atoms with van der Waals surface area (Å²) in [6, 6.07) is 9.92. The van der Waals surface area contributed by atoms with Crippen molar-refractivity contribution < 1.29 is 24.3 Å². The van der Waals surface area contributed by atoms with Gasteiger partial charge >= 0.3 is 5.97 Å². The molecule has 0 aromatic heterocycles. The molecule has 0 radical (unpaired) electrons. The maximum atomic E-state index is 12.7. The number of ketones is 1. The van der Waals surface area contributed by atoms with E-state index in [9.17, 15) is 19.2 Å². The Morgan fingerprint density at radius 1 is 1.20 bits per heavy atom. The Morgan fingerprint density at radius 3 is 2.48 bits per heavy atom. The average molecular weight is 344 g/mol. The molecule has 1 aromatic rings. The predicted molar refractivity (Wildman–Crippen MR) is 87.7 cm³/mol. The molecule has 25 heavy (non-hydrogen) atoms. The third kappa shape index (κ3) is 3.55. The summed E-state index contributed by atoms with van der Waals surface area (Å²) < 4.78 is 0. The van der Waals surface area contributed by atoms with E-state index in [1.165, 1.54) is 0 Å². The van der Waals surface area contributed by atoms with Gasteiger partial charge in [0.15, 0.2) is 11.7 Å². The maximum Gasteiger partial charge on any atom is 0.322 e. The molecule has 0 bridgehead atoms. The fraction of sp³-hybridized carbons (Fsp3) is 0.444. The lowest BCUT2D eigenvalue weighted by Gasteiger charge is -2.33. The Bertz CT molecular complexity index is 711. The number of nitrogens with zero attached hydrogens (tertiary/aromatic N) is 1. The normalized spacial score (nSPS) is 21.8. The Labute approximate surface area is 145 Å². The minimum atomic E-state index is -1.43. The number of hydrogen-bond donors (Lipinski definition) is 2. The van der Waals surface area contributed by atoms with Crippen LogP contribution in [0.15, 0.2) is 30.3 Å². The molecule has 1 heterocycles. The van der Waals surface area contributed by atoms with Crippen LogP contribution in [-0.2, 0) is 24.6 Å². The molecule has 1 atom stereocenters. The van der Waals surface area contributed by atoms with E-state index in [1.807, 2.05) is 30.3 Å². The predicted octanol–water partition coefficient (Wildman–Crippen LogP) is 0.337. The van der Waals surface area contributed by atoms with Gasteiger partial charge in [-0.05, 0) is 18.4 Å². The van der Waals surface area contributed by atoms with Crippen molar-refractivity contribution in [1.29, 1.82) is 0 Å². The highest BCUT2D eigenvalue weighted by Crippen LogP contribution is 2.49. The van der Waals surface area contributed by atoms with E-state index in [1.54, 1.807) is 4.90 Å². The molecule has 2 N–H and O–H groups in total. The third-order valence-corrected chi connectivity index (χ3v) is 4.92. The molecule has 1 aliphatic heterocycles. The van der Waals surface area contributed by atoms with Gasteiger partial charge in [-0.25, -0.2) is 0 Å². The molecule has 7 heteroatoms. The van der Waals surface area contributed by atoms with E-state index in [0.717, 1.165) is 18.4 Å². The number of benzene rings is 1. The molecule has 132 valence electrons. The van der Waals surface area contributed by atoms with Gasteiger partial charge in [0.2, 0.25) is 11.8 Å². The van der Waals surface area contributed by atoms with Crippen LogP contribution in [0.5, 0.6) is 0 Å². The van der Waals surface area contributed by atoms with E-state index in [4.69, 9.17) is 5.11 Å². The first-order valence-electron chi connectivity index (χ1n) is 8.29. The first-order valence-corrected chi connectivity index (χ1v) is 8.29. The highest BCUT2D eigenvalue weighted by atomic mass is 16.4. The highest BCUT2D eigenvalue weighted by Gasteiger charge is 2.49. The summed E-state index contributed by atoms with van der Waals surface area (Å²) in [4.78, 5) is 48.9. The van der Waals surface area contributed by atoms with Crippen molar-refractivity contribution in [3.05, 3.63) is 35.9 Å². The summed E-state index contributed by atoms with van der Waals surface area (Å²) in [5.41, 5.74) is 1.06. The third-order valence-electron chi connectivity index (χ3n) is 4.92. The largest absolute Gasteiger partial charge is 0.480 e. The van der Waals surface area contributed by atoms with Crippen LogP contribution in [-0.4, -0.2) is 53.2 Å².